The van der Waals surface area contributed by atoms with E-state index >= 15 is 0 Å². The number of aliphatic carboxylic acids is 2. The van der Waals surface area contributed by atoms with Crippen LogP contribution in [0.5, 0.6) is 0 Å². The van der Waals surface area contributed by atoms with Crippen molar-refractivity contribution in [2.45, 2.75) is 31.2 Å². The van der Waals surface area contributed by atoms with E-state index in [0.29, 0.717) is 19.3 Å². The fourth-order valence-electron chi connectivity index (χ4n) is 4.02. The molecule has 142 valence electrons. The monoisotopic (exact) mass is 367 g/mol. The first-order valence-corrected chi connectivity index (χ1v) is 9.23. The smallest absolute Gasteiger partial charge is 0.324 e. The first-order valence-electron chi connectivity index (χ1n) is 9.23. The molecule has 0 aromatic heterocycles. The van der Waals surface area contributed by atoms with E-state index in [1.54, 1.807) is 0 Å². The lowest BCUT2D eigenvalue weighted by atomic mass is 9.78. The van der Waals surface area contributed by atoms with Gasteiger partial charge in [-0.05, 0) is 42.7 Å². The quantitative estimate of drug-likeness (QED) is 0.632. The van der Waals surface area contributed by atoms with Gasteiger partial charge in [0.2, 0.25) is 0 Å². The van der Waals surface area contributed by atoms with Crippen molar-refractivity contribution in [3.05, 3.63) is 71.8 Å². The summed E-state index contributed by atoms with van der Waals surface area (Å²) in [6, 6.07) is 19.8. The van der Waals surface area contributed by atoms with Crippen molar-refractivity contribution in [3.8, 4) is 0 Å². The zero-order valence-electron chi connectivity index (χ0n) is 15.1. The van der Waals surface area contributed by atoms with Crippen LogP contribution in [0, 0.1) is 17.8 Å². The van der Waals surface area contributed by atoms with Crippen LogP contribution < -0.4 is 5.73 Å². The number of hydrogen-bond acceptors (Lipinski definition) is 3. The fourth-order valence-corrected chi connectivity index (χ4v) is 4.02. The molecule has 0 heterocycles. The number of nitrogens with two attached hydrogens (primary N) is 1. The topological polar surface area (TPSA) is 101 Å². The van der Waals surface area contributed by atoms with Gasteiger partial charge in [0.25, 0.3) is 0 Å². The van der Waals surface area contributed by atoms with Crippen molar-refractivity contribution in [1.29, 1.82) is 0 Å². The molecule has 27 heavy (non-hydrogen) atoms. The predicted octanol–water partition coefficient (Wildman–Crippen LogP) is 2.98. The van der Waals surface area contributed by atoms with Crippen molar-refractivity contribution >= 4 is 11.9 Å². The Kier molecular flexibility index (Phi) is 5.61. The number of carboxylic acid groups (broad SMARTS) is 2. The molecule has 0 radical (unpaired) electrons. The average Bonchev–Trinajstić information content (AvgIpc) is 3.45. The van der Waals surface area contributed by atoms with Crippen LogP contribution in [0.3, 0.4) is 0 Å². The number of carboxylic acids is 2. The minimum absolute atomic E-state index is 0.00550. The number of benzene rings is 2. The standard InChI is InChI=1S/C22H25NO4/c23-22(21(26)27,19-13-18(19)20(24)25)14-17(11-15-7-3-1-4-8-15)12-16-9-5-2-6-10-16/h1-10,17-19H,11-14,23H2,(H,24,25)(H,26,27)/t18-,19-,22?/m0/s1. The van der Waals surface area contributed by atoms with Gasteiger partial charge < -0.3 is 15.9 Å². The SMILES string of the molecule is NC(CC(Cc1ccccc1)Cc1ccccc1)(C(=O)O)[C@H]1C[C@@H]1C(=O)O. The van der Waals surface area contributed by atoms with E-state index in [1.807, 2.05) is 60.7 Å². The summed E-state index contributed by atoms with van der Waals surface area (Å²) < 4.78 is 0. The zero-order chi connectivity index (χ0) is 19.4. The normalized spacial score (nSPS) is 20.8. The Bertz CT molecular complexity index is 751. The zero-order valence-corrected chi connectivity index (χ0v) is 15.1. The summed E-state index contributed by atoms with van der Waals surface area (Å²) in [5.41, 5.74) is 7.05. The summed E-state index contributed by atoms with van der Waals surface area (Å²) in [5.74, 6) is -3.23. The molecule has 0 amide bonds. The summed E-state index contributed by atoms with van der Waals surface area (Å²) in [5, 5.41) is 19.0. The van der Waals surface area contributed by atoms with Gasteiger partial charge >= 0.3 is 11.9 Å². The summed E-state index contributed by atoms with van der Waals surface area (Å²) in [7, 11) is 0. The van der Waals surface area contributed by atoms with Gasteiger partial charge in [-0.25, -0.2) is 0 Å². The van der Waals surface area contributed by atoms with Crippen LogP contribution in [-0.2, 0) is 22.4 Å². The number of hydrogen-bond donors (Lipinski definition) is 3. The van der Waals surface area contributed by atoms with Gasteiger partial charge in [-0.2, -0.15) is 0 Å². The second kappa shape index (κ2) is 7.92. The second-order valence-electron chi connectivity index (χ2n) is 7.58. The molecule has 0 aliphatic heterocycles. The van der Waals surface area contributed by atoms with Gasteiger partial charge in [-0.15, -0.1) is 0 Å². The largest absolute Gasteiger partial charge is 0.481 e. The first kappa shape index (κ1) is 19.1. The molecule has 1 unspecified atom stereocenters. The van der Waals surface area contributed by atoms with Gasteiger partial charge in [0.1, 0.15) is 5.54 Å². The minimum atomic E-state index is -1.52. The van der Waals surface area contributed by atoms with E-state index < -0.39 is 29.3 Å². The highest BCUT2D eigenvalue weighted by atomic mass is 16.4. The van der Waals surface area contributed by atoms with Gasteiger partial charge in [0.15, 0.2) is 0 Å². The van der Waals surface area contributed by atoms with Crippen LogP contribution in [0.1, 0.15) is 24.0 Å². The molecular formula is C22H25NO4. The molecule has 2 aromatic rings. The highest BCUT2D eigenvalue weighted by Gasteiger charge is 2.58. The Labute approximate surface area is 158 Å². The van der Waals surface area contributed by atoms with Crippen molar-refractivity contribution in [2.24, 2.45) is 23.5 Å². The van der Waals surface area contributed by atoms with Crippen molar-refractivity contribution in [3.63, 3.8) is 0 Å². The molecular weight excluding hydrogens is 342 g/mol. The van der Waals surface area contributed by atoms with Crippen molar-refractivity contribution in [2.75, 3.05) is 0 Å². The Morgan fingerprint density at radius 2 is 1.44 bits per heavy atom. The summed E-state index contributed by atoms with van der Waals surface area (Å²) >= 11 is 0. The van der Waals surface area contributed by atoms with Crippen LogP contribution in [0.2, 0.25) is 0 Å². The fraction of sp³-hybridized carbons (Fsp3) is 0.364. The van der Waals surface area contributed by atoms with Gasteiger partial charge in [-0.1, -0.05) is 60.7 Å². The third-order valence-electron chi connectivity index (χ3n) is 5.53. The van der Waals surface area contributed by atoms with E-state index in [1.165, 1.54) is 0 Å². The number of rotatable bonds is 9. The molecule has 0 spiro atoms. The van der Waals surface area contributed by atoms with Crippen LogP contribution in [0.15, 0.2) is 60.7 Å². The molecule has 2 aromatic carbocycles. The third kappa shape index (κ3) is 4.55. The molecule has 1 fully saturated rings. The molecule has 1 aliphatic carbocycles. The van der Waals surface area contributed by atoms with Gasteiger partial charge in [-0.3, -0.25) is 9.59 Å². The van der Waals surface area contributed by atoms with E-state index in [-0.39, 0.29) is 12.3 Å². The Hall–Kier alpha value is -2.66. The van der Waals surface area contributed by atoms with E-state index in [4.69, 9.17) is 5.73 Å². The highest BCUT2D eigenvalue weighted by Crippen LogP contribution is 2.48. The Morgan fingerprint density at radius 1 is 0.963 bits per heavy atom. The lowest BCUT2D eigenvalue weighted by Crippen LogP contribution is -2.52. The molecule has 4 N–H and O–H groups in total. The van der Waals surface area contributed by atoms with Gasteiger partial charge in [0.05, 0.1) is 5.92 Å². The Morgan fingerprint density at radius 3 is 1.81 bits per heavy atom. The van der Waals surface area contributed by atoms with Crippen LogP contribution >= 0.6 is 0 Å². The third-order valence-corrected chi connectivity index (χ3v) is 5.53. The maximum Gasteiger partial charge on any atom is 0.324 e. The second-order valence-corrected chi connectivity index (χ2v) is 7.58. The maximum absolute atomic E-state index is 12.0. The van der Waals surface area contributed by atoms with Gasteiger partial charge in [0, 0.05) is 5.92 Å². The molecule has 3 rings (SSSR count). The van der Waals surface area contributed by atoms with Crippen molar-refractivity contribution < 1.29 is 19.8 Å². The predicted molar refractivity (Wildman–Crippen MR) is 102 cm³/mol. The Balaban J connectivity index is 1.82. The molecule has 5 nitrogen and oxygen atoms in total. The van der Waals surface area contributed by atoms with E-state index in [0.717, 1.165) is 11.1 Å². The van der Waals surface area contributed by atoms with Crippen LogP contribution in [0.4, 0.5) is 0 Å². The molecule has 3 atom stereocenters. The van der Waals surface area contributed by atoms with E-state index in [9.17, 15) is 19.8 Å². The van der Waals surface area contributed by atoms with Crippen molar-refractivity contribution in [1.82, 2.24) is 0 Å². The number of carbonyl (C=O) groups is 2. The average molecular weight is 367 g/mol. The van der Waals surface area contributed by atoms with Crippen LogP contribution in [-0.4, -0.2) is 27.7 Å². The molecule has 5 heteroatoms. The van der Waals surface area contributed by atoms with Crippen LogP contribution in [0.25, 0.3) is 0 Å². The highest BCUT2D eigenvalue weighted by molar-refractivity contribution is 5.83. The summed E-state index contributed by atoms with van der Waals surface area (Å²) in [6.45, 7) is 0. The molecule has 1 saturated carbocycles. The summed E-state index contributed by atoms with van der Waals surface area (Å²) in [6.07, 6.45) is 1.99. The lowest BCUT2D eigenvalue weighted by molar-refractivity contribution is -0.146. The lowest BCUT2D eigenvalue weighted by Gasteiger charge is -2.30. The maximum atomic E-state index is 12.0. The molecule has 1 aliphatic rings. The van der Waals surface area contributed by atoms with E-state index in [2.05, 4.69) is 0 Å². The first-order chi connectivity index (χ1) is 12.9. The molecule has 0 saturated heterocycles. The molecule has 0 bridgehead atoms. The minimum Gasteiger partial charge on any atom is -0.481 e. The summed E-state index contributed by atoms with van der Waals surface area (Å²) in [4.78, 5) is 23.3.